The molecule has 1 aromatic rings. The highest BCUT2D eigenvalue weighted by Gasteiger charge is 2.24. The standard InChI is InChI=1S/C11H17N3O3/c1-2-14(8-3-5-12-6-4-8)11-13-9(7-17-11)10(15)16/h7-8,12H,2-6H2,1H3,(H,15,16). The van der Waals surface area contributed by atoms with Crippen molar-refractivity contribution in [2.24, 2.45) is 0 Å². The Hall–Kier alpha value is -1.56. The molecule has 2 N–H and O–H groups in total. The summed E-state index contributed by atoms with van der Waals surface area (Å²) in [6.07, 6.45) is 3.25. The monoisotopic (exact) mass is 239 g/mol. The molecule has 1 aliphatic heterocycles. The van der Waals surface area contributed by atoms with Crippen LogP contribution < -0.4 is 10.2 Å². The predicted molar refractivity (Wildman–Crippen MR) is 62.4 cm³/mol. The average molecular weight is 239 g/mol. The lowest BCUT2D eigenvalue weighted by Crippen LogP contribution is -2.43. The van der Waals surface area contributed by atoms with Crippen LogP contribution in [0.15, 0.2) is 10.7 Å². The van der Waals surface area contributed by atoms with Crippen molar-refractivity contribution in [3.05, 3.63) is 12.0 Å². The lowest BCUT2D eigenvalue weighted by molar-refractivity contribution is 0.0690. The van der Waals surface area contributed by atoms with Crippen molar-refractivity contribution in [2.45, 2.75) is 25.8 Å². The van der Waals surface area contributed by atoms with E-state index in [-0.39, 0.29) is 5.69 Å². The highest BCUT2D eigenvalue weighted by molar-refractivity contribution is 5.85. The van der Waals surface area contributed by atoms with E-state index in [2.05, 4.69) is 10.3 Å². The maximum absolute atomic E-state index is 10.8. The molecule has 0 spiro atoms. The van der Waals surface area contributed by atoms with Gasteiger partial charge in [0.25, 0.3) is 6.01 Å². The Morgan fingerprint density at radius 2 is 2.35 bits per heavy atom. The second-order valence-electron chi connectivity index (χ2n) is 4.09. The fourth-order valence-electron chi connectivity index (χ4n) is 2.16. The minimum Gasteiger partial charge on any atom is -0.476 e. The molecule has 1 saturated heterocycles. The summed E-state index contributed by atoms with van der Waals surface area (Å²) < 4.78 is 5.25. The molecule has 6 nitrogen and oxygen atoms in total. The Morgan fingerprint density at radius 1 is 1.65 bits per heavy atom. The molecule has 2 heterocycles. The summed E-state index contributed by atoms with van der Waals surface area (Å²) in [6.45, 7) is 4.75. The number of aromatic nitrogens is 1. The number of aromatic carboxylic acids is 1. The van der Waals surface area contributed by atoms with E-state index in [0.717, 1.165) is 32.5 Å². The number of anilines is 1. The summed E-state index contributed by atoms with van der Waals surface area (Å²) in [6, 6.07) is 0.790. The van der Waals surface area contributed by atoms with Crippen LogP contribution in [0.2, 0.25) is 0 Å². The van der Waals surface area contributed by atoms with E-state index in [9.17, 15) is 4.79 Å². The van der Waals surface area contributed by atoms with Gasteiger partial charge in [-0.1, -0.05) is 0 Å². The molecule has 1 aromatic heterocycles. The molecular formula is C11H17N3O3. The quantitative estimate of drug-likeness (QED) is 0.814. The van der Waals surface area contributed by atoms with E-state index < -0.39 is 5.97 Å². The Kier molecular flexibility index (Phi) is 3.63. The van der Waals surface area contributed by atoms with Gasteiger partial charge < -0.3 is 19.7 Å². The lowest BCUT2D eigenvalue weighted by atomic mass is 10.1. The summed E-state index contributed by atoms with van der Waals surface area (Å²) in [5.74, 6) is -1.05. The van der Waals surface area contributed by atoms with Gasteiger partial charge in [-0.3, -0.25) is 0 Å². The first-order valence-electron chi connectivity index (χ1n) is 5.88. The number of nitrogens with one attached hydrogen (secondary N) is 1. The summed E-state index contributed by atoms with van der Waals surface area (Å²) in [5, 5.41) is 12.1. The number of oxazole rings is 1. The maximum Gasteiger partial charge on any atom is 0.357 e. The molecule has 0 unspecified atom stereocenters. The van der Waals surface area contributed by atoms with Gasteiger partial charge in [-0.2, -0.15) is 4.98 Å². The topological polar surface area (TPSA) is 78.6 Å². The Morgan fingerprint density at radius 3 is 2.88 bits per heavy atom. The summed E-state index contributed by atoms with van der Waals surface area (Å²) in [7, 11) is 0. The van der Waals surface area contributed by atoms with Gasteiger partial charge in [0.15, 0.2) is 5.69 Å². The summed E-state index contributed by atoms with van der Waals surface area (Å²) >= 11 is 0. The van der Waals surface area contributed by atoms with Crippen molar-refractivity contribution >= 4 is 12.0 Å². The second-order valence-corrected chi connectivity index (χ2v) is 4.09. The number of hydrogen-bond donors (Lipinski definition) is 2. The van der Waals surface area contributed by atoms with Crippen LogP contribution in [0.1, 0.15) is 30.3 Å². The average Bonchev–Trinajstić information content (AvgIpc) is 2.81. The van der Waals surface area contributed by atoms with Gasteiger partial charge in [-0.15, -0.1) is 0 Å². The molecule has 1 fully saturated rings. The van der Waals surface area contributed by atoms with E-state index >= 15 is 0 Å². The molecule has 0 radical (unpaired) electrons. The van der Waals surface area contributed by atoms with Crippen LogP contribution in [0.3, 0.4) is 0 Å². The molecule has 0 aliphatic carbocycles. The maximum atomic E-state index is 10.8. The molecule has 0 saturated carbocycles. The van der Waals surface area contributed by atoms with Crippen molar-refractivity contribution < 1.29 is 14.3 Å². The van der Waals surface area contributed by atoms with Gasteiger partial charge in [0.05, 0.1) is 0 Å². The van der Waals surface area contributed by atoms with Crippen LogP contribution in [0.4, 0.5) is 6.01 Å². The minimum absolute atomic E-state index is 0.0348. The van der Waals surface area contributed by atoms with Crippen LogP contribution in [-0.2, 0) is 0 Å². The zero-order chi connectivity index (χ0) is 12.3. The number of carbonyl (C=O) groups is 1. The molecule has 2 rings (SSSR count). The largest absolute Gasteiger partial charge is 0.476 e. The Balaban J connectivity index is 2.12. The van der Waals surface area contributed by atoms with E-state index in [0.29, 0.717) is 12.1 Å². The van der Waals surface area contributed by atoms with Crippen LogP contribution in [0.25, 0.3) is 0 Å². The van der Waals surface area contributed by atoms with Crippen LogP contribution in [-0.4, -0.2) is 41.7 Å². The summed E-state index contributed by atoms with van der Waals surface area (Å²) in [5.41, 5.74) is -0.0348. The first-order valence-corrected chi connectivity index (χ1v) is 5.88. The third kappa shape index (κ3) is 2.58. The molecule has 1 aliphatic rings. The molecule has 94 valence electrons. The number of carboxylic acids is 1. The summed E-state index contributed by atoms with van der Waals surface area (Å²) in [4.78, 5) is 16.8. The van der Waals surface area contributed by atoms with E-state index in [1.54, 1.807) is 0 Å². The third-order valence-corrected chi connectivity index (χ3v) is 3.05. The number of carboxylic acid groups (broad SMARTS) is 1. The normalized spacial score (nSPS) is 17.0. The Bertz CT molecular complexity index is 385. The van der Waals surface area contributed by atoms with Gasteiger partial charge in [0.1, 0.15) is 6.26 Å². The van der Waals surface area contributed by atoms with Gasteiger partial charge >= 0.3 is 5.97 Å². The SMILES string of the molecule is CCN(c1nc(C(=O)O)co1)C1CCNCC1. The molecule has 0 amide bonds. The van der Waals surface area contributed by atoms with Crippen molar-refractivity contribution in [3.8, 4) is 0 Å². The fraction of sp³-hybridized carbons (Fsp3) is 0.636. The van der Waals surface area contributed by atoms with Gasteiger partial charge in [-0.25, -0.2) is 4.79 Å². The van der Waals surface area contributed by atoms with E-state index in [1.165, 1.54) is 6.26 Å². The smallest absolute Gasteiger partial charge is 0.357 e. The van der Waals surface area contributed by atoms with Gasteiger partial charge in [0, 0.05) is 12.6 Å². The number of nitrogens with zero attached hydrogens (tertiary/aromatic N) is 2. The van der Waals surface area contributed by atoms with E-state index in [1.807, 2.05) is 11.8 Å². The molecule has 0 bridgehead atoms. The number of hydrogen-bond acceptors (Lipinski definition) is 5. The van der Waals surface area contributed by atoms with Crippen molar-refractivity contribution in [1.82, 2.24) is 10.3 Å². The highest BCUT2D eigenvalue weighted by Crippen LogP contribution is 2.20. The minimum atomic E-state index is -1.05. The van der Waals surface area contributed by atoms with Gasteiger partial charge in [0.2, 0.25) is 0 Å². The molecular weight excluding hydrogens is 222 g/mol. The predicted octanol–water partition coefficient (Wildman–Crippen LogP) is 0.951. The molecule has 0 aromatic carbocycles. The van der Waals surface area contributed by atoms with Crippen molar-refractivity contribution in [1.29, 1.82) is 0 Å². The van der Waals surface area contributed by atoms with Crippen LogP contribution in [0, 0.1) is 0 Å². The lowest BCUT2D eigenvalue weighted by Gasteiger charge is -2.32. The Labute approximate surface area is 99.6 Å². The number of rotatable bonds is 4. The molecule has 17 heavy (non-hydrogen) atoms. The first kappa shape index (κ1) is 11.9. The van der Waals surface area contributed by atoms with Crippen LogP contribution >= 0.6 is 0 Å². The zero-order valence-electron chi connectivity index (χ0n) is 9.85. The fourth-order valence-corrected chi connectivity index (χ4v) is 2.16. The van der Waals surface area contributed by atoms with Crippen molar-refractivity contribution in [3.63, 3.8) is 0 Å². The van der Waals surface area contributed by atoms with Crippen molar-refractivity contribution in [2.75, 3.05) is 24.5 Å². The third-order valence-electron chi connectivity index (χ3n) is 3.05. The highest BCUT2D eigenvalue weighted by atomic mass is 16.4. The zero-order valence-corrected chi connectivity index (χ0v) is 9.85. The van der Waals surface area contributed by atoms with E-state index in [4.69, 9.17) is 9.52 Å². The van der Waals surface area contributed by atoms with Gasteiger partial charge in [-0.05, 0) is 32.9 Å². The molecule has 0 atom stereocenters. The molecule has 6 heteroatoms. The second kappa shape index (κ2) is 5.18. The number of piperidine rings is 1. The first-order chi connectivity index (χ1) is 8.22. The van der Waals surface area contributed by atoms with Crippen LogP contribution in [0.5, 0.6) is 0 Å².